The Balaban J connectivity index is 1.42. The van der Waals surface area contributed by atoms with Crippen LogP contribution >= 0.6 is 0 Å². The van der Waals surface area contributed by atoms with E-state index in [2.05, 4.69) is 34.7 Å². The third-order valence-electron chi connectivity index (χ3n) is 5.63. The van der Waals surface area contributed by atoms with Crippen LogP contribution in [0.4, 0.5) is 17.7 Å². The van der Waals surface area contributed by atoms with E-state index in [4.69, 9.17) is 10.5 Å². The summed E-state index contributed by atoms with van der Waals surface area (Å²) in [6, 6.07) is 1.78. The van der Waals surface area contributed by atoms with Gasteiger partial charge in [-0.05, 0) is 6.07 Å². The molecule has 5 N–H and O–H groups in total. The fourth-order valence-electron chi connectivity index (χ4n) is 4.01. The van der Waals surface area contributed by atoms with Gasteiger partial charge in [0.2, 0.25) is 11.9 Å². The van der Waals surface area contributed by atoms with Crippen LogP contribution in [0.1, 0.15) is 6.23 Å². The van der Waals surface area contributed by atoms with Crippen molar-refractivity contribution in [2.45, 2.75) is 24.5 Å². The molecular weight excluding hydrogens is 406 g/mol. The number of ether oxygens (including phenoxy) is 1. The smallest absolute Gasteiger partial charge is 0.225 e. The first kappa shape index (κ1) is 19.8. The number of nitrogen functional groups attached to an aromatic ring is 1. The zero-order valence-corrected chi connectivity index (χ0v) is 16.6. The van der Waals surface area contributed by atoms with Crippen LogP contribution in [-0.4, -0.2) is 95.9 Å². The average molecular weight is 429 g/mol. The number of hydrogen-bond acceptors (Lipinski definition) is 12. The molecule has 31 heavy (non-hydrogen) atoms. The van der Waals surface area contributed by atoms with Gasteiger partial charge in [-0.15, -0.1) is 0 Å². The van der Waals surface area contributed by atoms with Crippen LogP contribution in [0, 0.1) is 0 Å². The minimum Gasteiger partial charge on any atom is -0.394 e. The molecule has 3 aromatic heterocycles. The Kier molecular flexibility index (Phi) is 5.02. The average Bonchev–Trinajstić information content (AvgIpc) is 3.34. The van der Waals surface area contributed by atoms with E-state index in [9.17, 15) is 15.3 Å². The second-order valence-corrected chi connectivity index (χ2v) is 7.48. The van der Waals surface area contributed by atoms with Crippen LogP contribution in [0.25, 0.3) is 11.2 Å². The molecule has 0 saturated carbocycles. The van der Waals surface area contributed by atoms with Crippen molar-refractivity contribution in [1.29, 1.82) is 0 Å². The lowest BCUT2D eigenvalue weighted by Crippen LogP contribution is -2.47. The number of nitrogens with two attached hydrogens (primary N) is 1. The molecule has 164 valence electrons. The molecule has 0 spiro atoms. The summed E-state index contributed by atoms with van der Waals surface area (Å²) in [6.45, 7) is 2.30. The fourth-order valence-corrected chi connectivity index (χ4v) is 4.01. The first-order chi connectivity index (χ1) is 15.1. The predicted octanol–water partition coefficient (Wildman–Crippen LogP) is -1.86. The molecule has 2 aliphatic heterocycles. The van der Waals surface area contributed by atoms with Gasteiger partial charge in [0.05, 0.1) is 12.9 Å². The van der Waals surface area contributed by atoms with Gasteiger partial charge in [-0.2, -0.15) is 9.97 Å². The van der Waals surface area contributed by atoms with Crippen molar-refractivity contribution in [2.24, 2.45) is 0 Å². The molecule has 0 bridgehead atoms. The number of rotatable bonds is 4. The number of aromatic nitrogens is 6. The Hall–Kier alpha value is -3.13. The molecule has 13 nitrogen and oxygen atoms in total. The van der Waals surface area contributed by atoms with Gasteiger partial charge in [-0.3, -0.25) is 4.57 Å². The lowest BCUT2D eigenvalue weighted by atomic mass is 10.1. The largest absolute Gasteiger partial charge is 0.394 e. The molecule has 4 atom stereocenters. The summed E-state index contributed by atoms with van der Waals surface area (Å²) in [7, 11) is 0. The number of nitrogens with zero attached hydrogens (tertiary/aromatic N) is 8. The summed E-state index contributed by atoms with van der Waals surface area (Å²) in [5.41, 5.74) is 6.87. The fraction of sp³-hybridized carbons (Fsp3) is 0.500. The minimum atomic E-state index is -1.25. The topological polar surface area (TPSA) is 172 Å². The highest BCUT2D eigenvalue weighted by molar-refractivity contribution is 5.85. The van der Waals surface area contributed by atoms with Gasteiger partial charge in [0.1, 0.15) is 18.3 Å². The Morgan fingerprint density at radius 3 is 2.39 bits per heavy atom. The van der Waals surface area contributed by atoms with Crippen LogP contribution in [-0.2, 0) is 4.74 Å². The Morgan fingerprint density at radius 2 is 1.71 bits per heavy atom. The molecule has 0 amide bonds. The van der Waals surface area contributed by atoms with Gasteiger partial charge >= 0.3 is 0 Å². The van der Waals surface area contributed by atoms with Crippen LogP contribution < -0.4 is 15.5 Å². The quantitative estimate of drug-likeness (QED) is 0.365. The summed E-state index contributed by atoms with van der Waals surface area (Å²) in [4.78, 5) is 25.9. The van der Waals surface area contributed by atoms with Crippen LogP contribution in [0.15, 0.2) is 24.8 Å². The van der Waals surface area contributed by atoms with Gasteiger partial charge in [0, 0.05) is 38.6 Å². The third-order valence-corrected chi connectivity index (χ3v) is 5.63. The second-order valence-electron chi connectivity index (χ2n) is 7.48. The Bertz CT molecular complexity index is 1060. The Labute approximate surface area is 176 Å². The lowest BCUT2D eigenvalue weighted by Gasteiger charge is -2.35. The molecule has 0 aromatic carbocycles. The van der Waals surface area contributed by atoms with Gasteiger partial charge < -0.3 is 35.6 Å². The molecule has 3 aromatic rings. The highest BCUT2D eigenvalue weighted by Crippen LogP contribution is 2.33. The maximum absolute atomic E-state index is 10.4. The zero-order chi connectivity index (χ0) is 21.5. The predicted molar refractivity (Wildman–Crippen MR) is 109 cm³/mol. The van der Waals surface area contributed by atoms with E-state index in [-0.39, 0.29) is 5.95 Å². The number of anilines is 3. The third kappa shape index (κ3) is 3.40. The molecular formula is C18H23N9O4. The summed E-state index contributed by atoms with van der Waals surface area (Å²) >= 11 is 0. The Morgan fingerprint density at radius 1 is 1.00 bits per heavy atom. The molecule has 2 saturated heterocycles. The summed E-state index contributed by atoms with van der Waals surface area (Å²) in [5.74, 6) is 1.33. The summed E-state index contributed by atoms with van der Waals surface area (Å²) in [5, 5.41) is 29.8. The number of imidazole rings is 1. The van der Waals surface area contributed by atoms with Gasteiger partial charge in [0.25, 0.3) is 0 Å². The molecule has 2 fully saturated rings. The van der Waals surface area contributed by atoms with Crippen molar-refractivity contribution in [3.05, 3.63) is 24.8 Å². The highest BCUT2D eigenvalue weighted by atomic mass is 16.6. The molecule has 13 heteroatoms. The van der Waals surface area contributed by atoms with E-state index in [0.717, 1.165) is 0 Å². The maximum atomic E-state index is 10.4. The van der Waals surface area contributed by atoms with Gasteiger partial charge in [0.15, 0.2) is 23.2 Å². The highest BCUT2D eigenvalue weighted by Gasteiger charge is 2.44. The summed E-state index contributed by atoms with van der Waals surface area (Å²) in [6.07, 6.45) is 0.581. The normalized spacial score (nSPS) is 26.7. The van der Waals surface area contributed by atoms with Crippen molar-refractivity contribution in [3.63, 3.8) is 0 Å². The standard InChI is InChI=1S/C18H23N9O4/c19-17-23-14(25-4-6-26(7-5-25)18-20-2-1-3-21-18)11-15(24-17)27(9-22-11)16-13(30)12(29)10(8-28)31-16/h1-3,9-10,12-13,16,28-30H,4-8H2,(H2,19,23,24)/t10-,12-,13-,16-/m1/s1. The lowest BCUT2D eigenvalue weighted by molar-refractivity contribution is -0.0511. The zero-order valence-electron chi connectivity index (χ0n) is 16.6. The van der Waals surface area contributed by atoms with E-state index in [0.29, 0.717) is 49.1 Å². The van der Waals surface area contributed by atoms with Crippen molar-refractivity contribution in [3.8, 4) is 0 Å². The number of aliphatic hydroxyl groups is 3. The van der Waals surface area contributed by atoms with Gasteiger partial charge in [-0.1, -0.05) is 0 Å². The van der Waals surface area contributed by atoms with Crippen LogP contribution in [0.5, 0.6) is 0 Å². The number of piperazine rings is 1. The molecule has 0 radical (unpaired) electrons. The summed E-state index contributed by atoms with van der Waals surface area (Å²) < 4.78 is 7.12. The van der Waals surface area contributed by atoms with E-state index >= 15 is 0 Å². The van der Waals surface area contributed by atoms with Crippen LogP contribution in [0.2, 0.25) is 0 Å². The van der Waals surface area contributed by atoms with E-state index in [1.54, 1.807) is 18.5 Å². The monoisotopic (exact) mass is 429 g/mol. The minimum absolute atomic E-state index is 0.0600. The van der Waals surface area contributed by atoms with E-state index in [1.807, 2.05) is 0 Å². The van der Waals surface area contributed by atoms with Gasteiger partial charge in [-0.25, -0.2) is 15.0 Å². The van der Waals surface area contributed by atoms with Crippen molar-refractivity contribution < 1.29 is 20.1 Å². The number of fused-ring (bicyclic) bond motifs is 1. The SMILES string of the molecule is Nc1nc(N2CCN(c3ncccn3)CC2)c2ncn([C@@H]3O[C@H](CO)[C@@H](O)[C@H]3O)c2n1. The van der Waals surface area contributed by atoms with Crippen molar-refractivity contribution >= 4 is 28.9 Å². The number of hydrogen-bond donors (Lipinski definition) is 4. The second kappa shape index (κ2) is 7.85. The molecule has 5 rings (SSSR count). The van der Waals surface area contributed by atoms with Crippen LogP contribution in [0.3, 0.4) is 0 Å². The first-order valence-electron chi connectivity index (χ1n) is 9.96. The van der Waals surface area contributed by atoms with Crippen molar-refractivity contribution in [1.82, 2.24) is 29.5 Å². The van der Waals surface area contributed by atoms with E-state index in [1.165, 1.54) is 10.9 Å². The molecule has 0 aliphatic carbocycles. The maximum Gasteiger partial charge on any atom is 0.225 e. The van der Waals surface area contributed by atoms with E-state index < -0.39 is 31.1 Å². The molecule has 5 heterocycles. The first-order valence-corrected chi connectivity index (χ1v) is 9.96. The van der Waals surface area contributed by atoms with Crippen molar-refractivity contribution in [2.75, 3.05) is 48.3 Å². The number of aliphatic hydroxyl groups excluding tert-OH is 3. The molecule has 2 aliphatic rings. The molecule has 0 unspecified atom stereocenters.